The van der Waals surface area contributed by atoms with Crippen molar-refractivity contribution in [2.75, 3.05) is 7.11 Å². The van der Waals surface area contributed by atoms with E-state index in [1.807, 2.05) is 26.0 Å². The maximum atomic E-state index is 11.5. The minimum atomic E-state index is -0.623. The molecule has 0 saturated heterocycles. The quantitative estimate of drug-likeness (QED) is 0.509. The maximum Gasteiger partial charge on any atom is 0.315 e. The van der Waals surface area contributed by atoms with Crippen LogP contribution in [0.3, 0.4) is 0 Å². The van der Waals surface area contributed by atoms with Gasteiger partial charge in [0.1, 0.15) is 7.85 Å². The molecule has 0 unspecified atom stereocenters. The van der Waals surface area contributed by atoms with Crippen molar-refractivity contribution < 1.29 is 9.53 Å². The molecule has 14 heavy (non-hydrogen) atoms. The lowest BCUT2D eigenvalue weighted by Gasteiger charge is -2.21. The molecular weight excluding hydrogens is 175 g/mol. The molecule has 2 radical (unpaired) electrons. The van der Waals surface area contributed by atoms with Crippen molar-refractivity contribution in [2.24, 2.45) is 0 Å². The Labute approximate surface area is 85.7 Å². The van der Waals surface area contributed by atoms with Crippen LogP contribution in [0.5, 0.6) is 0 Å². The molecule has 0 aliphatic rings. The van der Waals surface area contributed by atoms with Gasteiger partial charge < -0.3 is 4.74 Å². The molecule has 1 rings (SSSR count). The van der Waals surface area contributed by atoms with Crippen molar-refractivity contribution in [1.29, 1.82) is 0 Å². The van der Waals surface area contributed by atoms with Gasteiger partial charge in [0, 0.05) is 0 Å². The third kappa shape index (κ3) is 1.98. The lowest BCUT2D eigenvalue weighted by molar-refractivity contribution is -0.146. The summed E-state index contributed by atoms with van der Waals surface area (Å²) < 4.78 is 4.73. The Hall–Kier alpha value is -1.25. The predicted molar refractivity (Wildman–Crippen MR) is 56.9 cm³/mol. The van der Waals surface area contributed by atoms with Gasteiger partial charge in [0.15, 0.2) is 0 Å². The molecule has 0 N–H and O–H groups in total. The molecular formula is C11H13BO2. The number of esters is 1. The van der Waals surface area contributed by atoms with Gasteiger partial charge in [-0.25, -0.2) is 0 Å². The summed E-state index contributed by atoms with van der Waals surface area (Å²) in [7, 11) is 6.95. The van der Waals surface area contributed by atoms with Crippen LogP contribution in [0.25, 0.3) is 0 Å². The Morgan fingerprint density at radius 2 is 1.79 bits per heavy atom. The summed E-state index contributed by atoms with van der Waals surface area (Å²) in [5.41, 5.74) is 0.968. The van der Waals surface area contributed by atoms with Gasteiger partial charge in [-0.1, -0.05) is 29.7 Å². The first-order chi connectivity index (χ1) is 6.48. The second-order valence-electron chi connectivity index (χ2n) is 3.74. The highest BCUT2D eigenvalue weighted by Gasteiger charge is 2.30. The van der Waals surface area contributed by atoms with E-state index in [4.69, 9.17) is 12.6 Å². The fourth-order valence-corrected chi connectivity index (χ4v) is 1.27. The number of hydrogen-bond acceptors (Lipinski definition) is 2. The molecule has 0 spiro atoms. The van der Waals surface area contributed by atoms with Crippen molar-refractivity contribution >= 4 is 19.3 Å². The third-order valence-electron chi connectivity index (χ3n) is 2.33. The summed E-state index contributed by atoms with van der Waals surface area (Å²) >= 11 is 0. The Bertz CT molecular complexity index is 328. The first-order valence-electron chi connectivity index (χ1n) is 4.43. The van der Waals surface area contributed by atoms with Crippen LogP contribution in [0, 0.1) is 0 Å². The minimum Gasteiger partial charge on any atom is -0.468 e. The molecule has 0 atom stereocenters. The molecule has 1 aromatic carbocycles. The summed E-state index contributed by atoms with van der Waals surface area (Å²) in [5.74, 6) is -0.248. The number of carbonyl (C=O) groups is 1. The lowest BCUT2D eigenvalue weighted by atomic mass is 9.83. The number of rotatable bonds is 2. The predicted octanol–water partition coefficient (Wildman–Crippen LogP) is 0.931. The van der Waals surface area contributed by atoms with Gasteiger partial charge >= 0.3 is 5.97 Å². The van der Waals surface area contributed by atoms with Crippen LogP contribution >= 0.6 is 0 Å². The van der Waals surface area contributed by atoms with Crippen LogP contribution in [0.2, 0.25) is 0 Å². The Balaban J connectivity index is 3.03. The van der Waals surface area contributed by atoms with E-state index in [1.165, 1.54) is 7.11 Å². The molecule has 0 aliphatic heterocycles. The van der Waals surface area contributed by atoms with Gasteiger partial charge in [-0.15, -0.1) is 0 Å². The molecule has 0 aromatic heterocycles. The number of methoxy groups -OCH3 is 1. The van der Waals surface area contributed by atoms with Gasteiger partial charge in [-0.2, -0.15) is 0 Å². The minimum absolute atomic E-state index is 0.248. The van der Waals surface area contributed by atoms with Crippen molar-refractivity contribution in [2.45, 2.75) is 19.3 Å². The van der Waals surface area contributed by atoms with E-state index in [-0.39, 0.29) is 5.97 Å². The van der Waals surface area contributed by atoms with Crippen LogP contribution in [0.4, 0.5) is 0 Å². The van der Waals surface area contributed by atoms with E-state index < -0.39 is 5.41 Å². The normalized spacial score (nSPS) is 11.1. The summed E-state index contributed by atoms with van der Waals surface area (Å²) in [4.78, 5) is 11.5. The van der Waals surface area contributed by atoms with Gasteiger partial charge in [-0.3, -0.25) is 4.79 Å². The molecule has 3 heteroatoms. The summed E-state index contributed by atoms with van der Waals surface area (Å²) in [5, 5.41) is 0. The van der Waals surface area contributed by atoms with E-state index in [2.05, 4.69) is 0 Å². The van der Waals surface area contributed by atoms with Crippen molar-refractivity contribution in [3.63, 3.8) is 0 Å². The zero-order valence-electron chi connectivity index (χ0n) is 8.70. The van der Waals surface area contributed by atoms with E-state index in [0.29, 0.717) is 5.46 Å². The van der Waals surface area contributed by atoms with Crippen LogP contribution in [0.15, 0.2) is 24.3 Å². The maximum absolute atomic E-state index is 11.5. The van der Waals surface area contributed by atoms with Gasteiger partial charge in [0.05, 0.1) is 12.5 Å². The van der Waals surface area contributed by atoms with Gasteiger partial charge in [0.25, 0.3) is 0 Å². The number of ether oxygens (including phenoxy) is 1. The highest BCUT2D eigenvalue weighted by Crippen LogP contribution is 2.23. The molecule has 0 aliphatic carbocycles. The zero-order valence-corrected chi connectivity index (χ0v) is 8.70. The van der Waals surface area contributed by atoms with E-state index in [0.717, 1.165) is 5.56 Å². The van der Waals surface area contributed by atoms with Crippen molar-refractivity contribution in [3.8, 4) is 0 Å². The summed E-state index contributed by atoms with van der Waals surface area (Å²) in [6.45, 7) is 3.65. The standard InChI is InChI=1S/C11H13BO2/c1-11(2,10(13)14-3)8-4-6-9(12)7-5-8/h4-7H,1-3H3. The van der Waals surface area contributed by atoms with Crippen LogP contribution in [-0.2, 0) is 14.9 Å². The fraction of sp³-hybridized carbons (Fsp3) is 0.364. The first kappa shape index (κ1) is 10.8. The van der Waals surface area contributed by atoms with Crippen molar-refractivity contribution in [3.05, 3.63) is 29.8 Å². The Kier molecular flexibility index (Phi) is 2.99. The van der Waals surface area contributed by atoms with E-state index >= 15 is 0 Å². The Morgan fingerprint density at radius 3 is 2.21 bits per heavy atom. The average Bonchev–Trinajstić information content (AvgIpc) is 2.17. The molecule has 72 valence electrons. The first-order valence-corrected chi connectivity index (χ1v) is 4.43. The molecule has 0 saturated carbocycles. The smallest absolute Gasteiger partial charge is 0.315 e. The average molecular weight is 188 g/mol. The summed E-state index contributed by atoms with van der Waals surface area (Å²) in [6, 6.07) is 7.23. The topological polar surface area (TPSA) is 26.3 Å². The van der Waals surface area contributed by atoms with Crippen LogP contribution in [-0.4, -0.2) is 20.9 Å². The highest BCUT2D eigenvalue weighted by molar-refractivity contribution is 6.32. The molecule has 0 fully saturated rings. The molecule has 0 amide bonds. The van der Waals surface area contributed by atoms with Crippen LogP contribution < -0.4 is 5.46 Å². The van der Waals surface area contributed by atoms with Gasteiger partial charge in [0.2, 0.25) is 0 Å². The molecule has 0 bridgehead atoms. The molecule has 2 nitrogen and oxygen atoms in total. The second-order valence-corrected chi connectivity index (χ2v) is 3.74. The largest absolute Gasteiger partial charge is 0.468 e. The second kappa shape index (κ2) is 3.87. The van der Waals surface area contributed by atoms with E-state index in [9.17, 15) is 4.79 Å². The SMILES string of the molecule is [B]c1ccc(C(C)(C)C(=O)OC)cc1. The molecule has 0 heterocycles. The summed E-state index contributed by atoms with van der Waals surface area (Å²) in [6.07, 6.45) is 0. The fourth-order valence-electron chi connectivity index (χ4n) is 1.27. The zero-order chi connectivity index (χ0) is 10.8. The number of benzene rings is 1. The monoisotopic (exact) mass is 188 g/mol. The molecule has 1 aromatic rings. The third-order valence-corrected chi connectivity index (χ3v) is 2.33. The van der Waals surface area contributed by atoms with Crippen molar-refractivity contribution in [1.82, 2.24) is 0 Å². The number of hydrogen-bond donors (Lipinski definition) is 0. The Morgan fingerprint density at radius 1 is 1.29 bits per heavy atom. The lowest BCUT2D eigenvalue weighted by Crippen LogP contribution is -2.30. The number of carbonyl (C=O) groups excluding carboxylic acids is 1. The van der Waals surface area contributed by atoms with E-state index in [1.54, 1.807) is 12.1 Å². The van der Waals surface area contributed by atoms with Gasteiger partial charge in [-0.05, 0) is 19.4 Å². The van der Waals surface area contributed by atoms with Crippen LogP contribution in [0.1, 0.15) is 19.4 Å². The highest BCUT2D eigenvalue weighted by atomic mass is 16.5.